The Morgan fingerprint density at radius 3 is 1.84 bits per heavy atom. The van der Waals surface area contributed by atoms with E-state index in [9.17, 15) is 8.42 Å². The van der Waals surface area contributed by atoms with Crippen molar-refractivity contribution in [3.05, 3.63) is 54.1 Å². The molecule has 0 bridgehead atoms. The molecule has 0 atom stereocenters. The molecular formula is C14H14O3S2. The van der Waals surface area contributed by atoms with E-state index >= 15 is 0 Å². The molecule has 19 heavy (non-hydrogen) atoms. The van der Waals surface area contributed by atoms with Gasteiger partial charge in [0.15, 0.2) is 9.84 Å². The molecule has 2 aromatic rings. The minimum atomic E-state index is -3.14. The molecule has 0 saturated carbocycles. The number of aliphatic hydroxyl groups is 1. The van der Waals surface area contributed by atoms with E-state index in [1.165, 1.54) is 6.26 Å². The molecule has 0 heterocycles. The molecule has 100 valence electrons. The molecule has 0 saturated heterocycles. The van der Waals surface area contributed by atoms with Crippen LogP contribution in [0.2, 0.25) is 0 Å². The van der Waals surface area contributed by atoms with Gasteiger partial charge in [-0.2, -0.15) is 0 Å². The monoisotopic (exact) mass is 294 g/mol. The second-order valence-electron chi connectivity index (χ2n) is 4.15. The molecule has 0 aliphatic heterocycles. The average molecular weight is 294 g/mol. The summed E-state index contributed by atoms with van der Waals surface area (Å²) >= 11 is 1.55. The number of aliphatic hydroxyl groups excluding tert-OH is 1. The van der Waals surface area contributed by atoms with Crippen LogP contribution in [0.3, 0.4) is 0 Å². The Hall–Kier alpha value is -1.30. The van der Waals surface area contributed by atoms with Gasteiger partial charge >= 0.3 is 0 Å². The molecule has 0 fully saturated rings. The van der Waals surface area contributed by atoms with Crippen LogP contribution in [0.4, 0.5) is 0 Å². The Morgan fingerprint density at radius 1 is 0.947 bits per heavy atom. The van der Waals surface area contributed by atoms with Crippen molar-refractivity contribution in [1.29, 1.82) is 0 Å². The maximum absolute atomic E-state index is 11.3. The van der Waals surface area contributed by atoms with Crippen molar-refractivity contribution in [2.24, 2.45) is 0 Å². The largest absolute Gasteiger partial charge is 0.392 e. The fourth-order valence-corrected chi connectivity index (χ4v) is 3.00. The molecule has 2 aromatic carbocycles. The summed E-state index contributed by atoms with van der Waals surface area (Å²) in [5.74, 6) is 0. The van der Waals surface area contributed by atoms with Crippen LogP contribution >= 0.6 is 11.8 Å². The van der Waals surface area contributed by atoms with Gasteiger partial charge in [0.2, 0.25) is 0 Å². The standard InChI is InChI=1S/C14H14O3S2/c1-19(16,17)14-8-6-13(7-9-14)18-12-4-2-11(10-15)3-5-12/h2-9,15H,10H2,1H3. The van der Waals surface area contributed by atoms with Crippen LogP contribution in [0.15, 0.2) is 63.2 Å². The zero-order chi connectivity index (χ0) is 13.9. The molecule has 3 nitrogen and oxygen atoms in total. The van der Waals surface area contributed by atoms with Crippen molar-refractivity contribution in [3.8, 4) is 0 Å². The first-order valence-electron chi connectivity index (χ1n) is 5.67. The molecule has 0 aliphatic carbocycles. The van der Waals surface area contributed by atoms with E-state index in [0.717, 1.165) is 15.4 Å². The minimum Gasteiger partial charge on any atom is -0.392 e. The third kappa shape index (κ3) is 3.83. The van der Waals surface area contributed by atoms with Gasteiger partial charge in [0.05, 0.1) is 11.5 Å². The second-order valence-corrected chi connectivity index (χ2v) is 7.31. The SMILES string of the molecule is CS(=O)(=O)c1ccc(Sc2ccc(CO)cc2)cc1. The molecule has 0 spiro atoms. The van der Waals surface area contributed by atoms with E-state index in [1.807, 2.05) is 24.3 Å². The summed E-state index contributed by atoms with van der Waals surface area (Å²) in [5, 5.41) is 8.96. The normalized spacial score (nSPS) is 11.5. The highest BCUT2D eigenvalue weighted by Gasteiger charge is 2.06. The van der Waals surface area contributed by atoms with E-state index in [2.05, 4.69) is 0 Å². The highest BCUT2D eigenvalue weighted by molar-refractivity contribution is 7.99. The van der Waals surface area contributed by atoms with Gasteiger partial charge in [-0.1, -0.05) is 23.9 Å². The van der Waals surface area contributed by atoms with Crippen LogP contribution in [0.25, 0.3) is 0 Å². The quantitative estimate of drug-likeness (QED) is 0.942. The van der Waals surface area contributed by atoms with Crippen molar-refractivity contribution >= 4 is 21.6 Å². The number of sulfone groups is 1. The summed E-state index contributed by atoms with van der Waals surface area (Å²) in [4.78, 5) is 2.35. The number of hydrogen-bond acceptors (Lipinski definition) is 4. The van der Waals surface area contributed by atoms with Gasteiger partial charge in [-0.15, -0.1) is 0 Å². The number of hydrogen-bond donors (Lipinski definition) is 1. The first-order valence-corrected chi connectivity index (χ1v) is 8.37. The lowest BCUT2D eigenvalue weighted by atomic mass is 10.2. The van der Waals surface area contributed by atoms with E-state index in [4.69, 9.17) is 5.11 Å². The zero-order valence-electron chi connectivity index (χ0n) is 10.4. The Morgan fingerprint density at radius 2 is 1.42 bits per heavy atom. The topological polar surface area (TPSA) is 54.4 Å². The Bertz CT molecular complexity index is 644. The lowest BCUT2D eigenvalue weighted by Gasteiger charge is -2.04. The van der Waals surface area contributed by atoms with Crippen LogP contribution in [0.5, 0.6) is 0 Å². The average Bonchev–Trinajstić information content (AvgIpc) is 2.39. The molecule has 0 unspecified atom stereocenters. The van der Waals surface area contributed by atoms with E-state index in [0.29, 0.717) is 4.90 Å². The molecule has 5 heteroatoms. The number of rotatable bonds is 4. The van der Waals surface area contributed by atoms with Gasteiger partial charge in [0.25, 0.3) is 0 Å². The summed E-state index contributed by atoms with van der Waals surface area (Å²) in [6.07, 6.45) is 1.20. The van der Waals surface area contributed by atoms with Gasteiger partial charge < -0.3 is 5.11 Å². The van der Waals surface area contributed by atoms with Gasteiger partial charge in [0.1, 0.15) is 0 Å². The fourth-order valence-electron chi connectivity index (χ4n) is 1.55. The predicted octanol–water partition coefficient (Wildman–Crippen LogP) is 2.73. The Balaban J connectivity index is 2.15. The molecule has 0 amide bonds. The lowest BCUT2D eigenvalue weighted by Crippen LogP contribution is -1.95. The third-order valence-corrected chi connectivity index (χ3v) is 4.74. The van der Waals surface area contributed by atoms with Gasteiger partial charge in [-0.25, -0.2) is 8.42 Å². The van der Waals surface area contributed by atoms with Crippen LogP contribution in [-0.4, -0.2) is 19.8 Å². The fraction of sp³-hybridized carbons (Fsp3) is 0.143. The first-order chi connectivity index (χ1) is 8.99. The summed E-state index contributed by atoms with van der Waals surface area (Å²) in [7, 11) is -3.14. The van der Waals surface area contributed by atoms with Crippen LogP contribution in [-0.2, 0) is 16.4 Å². The van der Waals surface area contributed by atoms with Crippen molar-refractivity contribution in [2.45, 2.75) is 21.3 Å². The maximum Gasteiger partial charge on any atom is 0.175 e. The molecular weight excluding hydrogens is 280 g/mol. The van der Waals surface area contributed by atoms with E-state index in [-0.39, 0.29) is 6.61 Å². The molecule has 1 N–H and O–H groups in total. The van der Waals surface area contributed by atoms with Crippen molar-refractivity contribution in [2.75, 3.05) is 6.26 Å². The van der Waals surface area contributed by atoms with Crippen LogP contribution < -0.4 is 0 Å². The van der Waals surface area contributed by atoms with Crippen molar-refractivity contribution < 1.29 is 13.5 Å². The summed E-state index contributed by atoms with van der Waals surface area (Å²) < 4.78 is 22.7. The maximum atomic E-state index is 11.3. The summed E-state index contributed by atoms with van der Waals surface area (Å²) in [6, 6.07) is 14.4. The van der Waals surface area contributed by atoms with Crippen molar-refractivity contribution in [3.63, 3.8) is 0 Å². The third-order valence-electron chi connectivity index (χ3n) is 2.59. The molecule has 0 aromatic heterocycles. The first kappa shape index (κ1) is 14.1. The lowest BCUT2D eigenvalue weighted by molar-refractivity contribution is 0.282. The van der Waals surface area contributed by atoms with Gasteiger partial charge in [-0.05, 0) is 42.0 Å². The van der Waals surface area contributed by atoms with Crippen LogP contribution in [0.1, 0.15) is 5.56 Å². The van der Waals surface area contributed by atoms with Crippen LogP contribution in [0, 0.1) is 0 Å². The molecule has 0 radical (unpaired) electrons. The van der Waals surface area contributed by atoms with Gasteiger partial charge in [0, 0.05) is 16.0 Å². The summed E-state index contributed by atoms with van der Waals surface area (Å²) in [6.45, 7) is 0.0357. The smallest absolute Gasteiger partial charge is 0.175 e. The summed E-state index contributed by atoms with van der Waals surface area (Å²) in [5.41, 5.74) is 0.872. The van der Waals surface area contributed by atoms with E-state index in [1.54, 1.807) is 36.0 Å². The highest BCUT2D eigenvalue weighted by atomic mass is 32.2. The Labute approximate surface area is 117 Å². The Kier molecular flexibility index (Phi) is 4.29. The van der Waals surface area contributed by atoms with Gasteiger partial charge in [-0.3, -0.25) is 0 Å². The minimum absolute atomic E-state index is 0.0357. The predicted molar refractivity (Wildman–Crippen MR) is 76.0 cm³/mol. The second kappa shape index (κ2) is 5.77. The number of benzene rings is 2. The molecule has 2 rings (SSSR count). The zero-order valence-corrected chi connectivity index (χ0v) is 12.0. The van der Waals surface area contributed by atoms with Crippen molar-refractivity contribution in [1.82, 2.24) is 0 Å². The highest BCUT2D eigenvalue weighted by Crippen LogP contribution is 2.28. The van der Waals surface area contributed by atoms with E-state index < -0.39 is 9.84 Å². The molecule has 0 aliphatic rings.